The molecule has 86 valence electrons. The fourth-order valence-corrected chi connectivity index (χ4v) is 0.977. The molecule has 0 atom stereocenters. The molecule has 0 amide bonds. The van der Waals surface area contributed by atoms with E-state index in [1.54, 1.807) is 0 Å². The van der Waals surface area contributed by atoms with Crippen LogP contribution in [0.2, 0.25) is 0 Å². The minimum absolute atomic E-state index is 1.05. The van der Waals surface area contributed by atoms with Crippen LogP contribution >= 0.6 is 0 Å². The lowest BCUT2D eigenvalue weighted by atomic mass is 10.6. The molecule has 1 rings (SSSR count). The minimum Gasteiger partial charge on any atom is -0.362 e. The van der Waals surface area contributed by atoms with Gasteiger partial charge in [-0.1, -0.05) is 6.42 Å². The lowest BCUT2D eigenvalue weighted by Crippen LogP contribution is -2.21. The van der Waals surface area contributed by atoms with Gasteiger partial charge in [0, 0.05) is 26.0 Å². The van der Waals surface area contributed by atoms with Crippen LogP contribution in [-0.2, 0) is 14.6 Å². The molecule has 0 bridgehead atoms. The molecule has 0 saturated carbocycles. The summed E-state index contributed by atoms with van der Waals surface area (Å²) in [6.07, 6.45) is 9.77. The SMILES string of the molecule is C#COS(=O)(=O)O.CCN1C=CN(C)C1. The monoisotopic (exact) mass is 234 g/mol. The van der Waals surface area contributed by atoms with Crippen molar-refractivity contribution in [2.75, 3.05) is 20.3 Å². The van der Waals surface area contributed by atoms with E-state index in [1.165, 1.54) is 6.11 Å². The molecule has 1 aliphatic rings. The summed E-state index contributed by atoms with van der Waals surface area (Å²) in [4.78, 5) is 4.41. The van der Waals surface area contributed by atoms with E-state index in [9.17, 15) is 8.42 Å². The van der Waals surface area contributed by atoms with Crippen molar-refractivity contribution < 1.29 is 17.2 Å². The van der Waals surface area contributed by atoms with Crippen molar-refractivity contribution in [1.29, 1.82) is 0 Å². The van der Waals surface area contributed by atoms with E-state index in [4.69, 9.17) is 4.55 Å². The Balaban J connectivity index is 0.000000265. The summed E-state index contributed by atoms with van der Waals surface area (Å²) >= 11 is 0. The number of hydrogen-bond donors (Lipinski definition) is 1. The van der Waals surface area contributed by atoms with Crippen molar-refractivity contribution in [3.8, 4) is 12.5 Å². The maximum atomic E-state index is 9.42. The van der Waals surface area contributed by atoms with Gasteiger partial charge in [-0.3, -0.25) is 4.55 Å². The van der Waals surface area contributed by atoms with Crippen molar-refractivity contribution in [3.63, 3.8) is 0 Å². The first-order chi connectivity index (χ1) is 6.89. The van der Waals surface area contributed by atoms with E-state index in [2.05, 4.69) is 46.8 Å². The first-order valence-electron chi connectivity index (χ1n) is 4.13. The van der Waals surface area contributed by atoms with E-state index in [0.29, 0.717) is 0 Å². The summed E-state index contributed by atoms with van der Waals surface area (Å²) < 4.78 is 29.8. The first-order valence-corrected chi connectivity index (χ1v) is 5.49. The van der Waals surface area contributed by atoms with Crippen LogP contribution in [0.15, 0.2) is 12.4 Å². The number of hydrogen-bond acceptors (Lipinski definition) is 5. The summed E-state index contributed by atoms with van der Waals surface area (Å²) in [7, 11) is -2.33. The molecule has 0 spiro atoms. The topological polar surface area (TPSA) is 70.1 Å². The van der Waals surface area contributed by atoms with Crippen molar-refractivity contribution in [3.05, 3.63) is 12.4 Å². The molecule has 6 nitrogen and oxygen atoms in total. The van der Waals surface area contributed by atoms with Crippen LogP contribution in [0.1, 0.15) is 6.92 Å². The molecule has 0 aromatic rings. The van der Waals surface area contributed by atoms with Gasteiger partial charge < -0.3 is 14.0 Å². The molecular formula is C8H14N2O4S. The molecule has 0 aromatic carbocycles. The Labute approximate surface area is 90.1 Å². The van der Waals surface area contributed by atoms with Crippen molar-refractivity contribution in [2.24, 2.45) is 0 Å². The average molecular weight is 234 g/mol. The molecule has 0 aliphatic carbocycles. The van der Waals surface area contributed by atoms with E-state index in [0.717, 1.165) is 13.2 Å². The molecule has 15 heavy (non-hydrogen) atoms. The van der Waals surface area contributed by atoms with E-state index < -0.39 is 10.4 Å². The second kappa shape index (κ2) is 6.16. The lowest BCUT2D eigenvalue weighted by molar-refractivity contribution is 0.308. The molecule has 0 saturated heterocycles. The summed E-state index contributed by atoms with van der Waals surface area (Å²) in [6, 6.07) is 0. The van der Waals surface area contributed by atoms with Crippen LogP contribution in [0.3, 0.4) is 0 Å². The van der Waals surface area contributed by atoms with Gasteiger partial charge in [0.05, 0.1) is 6.67 Å². The Bertz CT molecular complexity index is 344. The zero-order chi connectivity index (χ0) is 11.9. The molecule has 0 unspecified atom stereocenters. The Morgan fingerprint density at radius 3 is 2.33 bits per heavy atom. The maximum absolute atomic E-state index is 9.42. The normalized spacial score (nSPS) is 14.3. The maximum Gasteiger partial charge on any atom is 0.454 e. The standard InChI is InChI=1S/C6H12N2.C2H2O4S/c1-3-8-5-4-7(2)6-8;1-2-6-7(3,4)5/h4-5H,3,6H2,1-2H3;1H,(H,3,4,5). The Kier molecular flexibility index (Phi) is 5.59. The van der Waals surface area contributed by atoms with Crippen LogP contribution in [0.5, 0.6) is 0 Å². The molecule has 0 radical (unpaired) electrons. The fourth-order valence-electron chi connectivity index (χ4n) is 0.855. The van der Waals surface area contributed by atoms with Gasteiger partial charge in [0.15, 0.2) is 0 Å². The Hall–Kier alpha value is -1.39. The second-order valence-electron chi connectivity index (χ2n) is 2.73. The smallest absolute Gasteiger partial charge is 0.362 e. The largest absolute Gasteiger partial charge is 0.454 e. The molecule has 7 heteroatoms. The number of nitrogens with zero attached hydrogens (tertiary/aromatic N) is 2. The van der Waals surface area contributed by atoms with Crippen LogP contribution in [-0.4, -0.2) is 43.0 Å². The summed E-state index contributed by atoms with van der Waals surface area (Å²) in [5.74, 6) is 0. The van der Waals surface area contributed by atoms with Gasteiger partial charge in [0.1, 0.15) is 6.11 Å². The highest BCUT2D eigenvalue weighted by atomic mass is 32.3. The van der Waals surface area contributed by atoms with Gasteiger partial charge in [-0.05, 0) is 6.92 Å². The predicted octanol–water partition coefficient (Wildman–Crippen LogP) is 0.0789. The fraction of sp³-hybridized carbons (Fsp3) is 0.500. The van der Waals surface area contributed by atoms with Gasteiger partial charge in [0.25, 0.3) is 0 Å². The van der Waals surface area contributed by atoms with Crippen molar-refractivity contribution in [1.82, 2.24) is 9.80 Å². The van der Waals surface area contributed by atoms with E-state index in [-0.39, 0.29) is 0 Å². The number of terminal acetylenes is 1. The number of rotatable bonds is 2. The Morgan fingerprint density at radius 2 is 2.20 bits per heavy atom. The quantitative estimate of drug-likeness (QED) is 0.539. The first kappa shape index (κ1) is 13.6. The Morgan fingerprint density at radius 1 is 1.60 bits per heavy atom. The highest BCUT2D eigenvalue weighted by Gasteiger charge is 2.03. The van der Waals surface area contributed by atoms with Gasteiger partial charge >= 0.3 is 10.4 Å². The third-order valence-corrected chi connectivity index (χ3v) is 1.80. The van der Waals surface area contributed by atoms with Gasteiger partial charge in [-0.25, -0.2) is 0 Å². The van der Waals surface area contributed by atoms with Crippen LogP contribution in [0.4, 0.5) is 0 Å². The minimum atomic E-state index is -4.41. The molecule has 1 heterocycles. The van der Waals surface area contributed by atoms with E-state index >= 15 is 0 Å². The molecule has 1 aliphatic heterocycles. The van der Waals surface area contributed by atoms with Crippen molar-refractivity contribution in [2.45, 2.75) is 6.92 Å². The summed E-state index contributed by atoms with van der Waals surface area (Å²) in [6.45, 7) is 4.32. The average Bonchev–Trinajstić information content (AvgIpc) is 2.50. The van der Waals surface area contributed by atoms with Crippen LogP contribution < -0.4 is 0 Å². The zero-order valence-corrected chi connectivity index (χ0v) is 9.44. The van der Waals surface area contributed by atoms with Gasteiger partial charge in [-0.2, -0.15) is 8.42 Å². The third kappa shape index (κ3) is 7.66. The lowest BCUT2D eigenvalue weighted by Gasteiger charge is -2.14. The zero-order valence-electron chi connectivity index (χ0n) is 8.62. The highest BCUT2D eigenvalue weighted by Crippen LogP contribution is 2.00. The predicted molar refractivity (Wildman–Crippen MR) is 55.6 cm³/mol. The highest BCUT2D eigenvalue weighted by molar-refractivity contribution is 7.81. The third-order valence-electron chi connectivity index (χ3n) is 1.50. The van der Waals surface area contributed by atoms with Crippen molar-refractivity contribution >= 4 is 10.4 Å². The molecule has 1 N–H and O–H groups in total. The van der Waals surface area contributed by atoms with Gasteiger partial charge in [0.2, 0.25) is 0 Å². The van der Waals surface area contributed by atoms with Gasteiger partial charge in [-0.15, -0.1) is 0 Å². The molecule has 0 fully saturated rings. The van der Waals surface area contributed by atoms with Crippen LogP contribution in [0.25, 0.3) is 0 Å². The summed E-state index contributed by atoms with van der Waals surface area (Å²) in [5, 5.41) is 0. The molecular weight excluding hydrogens is 220 g/mol. The second-order valence-corrected chi connectivity index (χ2v) is 3.75. The van der Waals surface area contributed by atoms with Crippen LogP contribution in [0, 0.1) is 12.5 Å². The molecule has 0 aromatic heterocycles. The summed E-state index contributed by atoms with van der Waals surface area (Å²) in [5.41, 5.74) is 0. The van der Waals surface area contributed by atoms with E-state index in [1.807, 2.05) is 0 Å².